The Morgan fingerprint density at radius 3 is 2.41 bits per heavy atom. The van der Waals surface area contributed by atoms with Crippen LogP contribution < -0.4 is 0 Å². The second kappa shape index (κ2) is 10.6. The molecule has 3 heteroatoms. The van der Waals surface area contributed by atoms with E-state index >= 15 is 0 Å². The lowest BCUT2D eigenvalue weighted by atomic mass is 9.95. The molecule has 22 heavy (non-hydrogen) atoms. The Balaban J connectivity index is 4.05. The van der Waals surface area contributed by atoms with Crippen molar-refractivity contribution in [2.75, 3.05) is 7.11 Å². The molecule has 3 nitrogen and oxygen atoms in total. The molecule has 0 fully saturated rings. The third kappa shape index (κ3) is 11.6. The van der Waals surface area contributed by atoms with E-state index in [4.69, 9.17) is 9.47 Å². The zero-order valence-corrected chi connectivity index (χ0v) is 15.4. The number of carbonyl (C=O) groups excluding carboxylic acids is 1. The van der Waals surface area contributed by atoms with Gasteiger partial charge >= 0.3 is 5.97 Å². The highest BCUT2D eigenvalue weighted by Gasteiger charge is 2.15. The fourth-order valence-electron chi connectivity index (χ4n) is 2.08. The van der Waals surface area contributed by atoms with Crippen molar-refractivity contribution < 1.29 is 14.3 Å². The number of carbonyl (C=O) groups is 1. The molecule has 0 saturated carbocycles. The topological polar surface area (TPSA) is 35.5 Å². The number of ether oxygens (including phenoxy) is 2. The van der Waals surface area contributed by atoms with Gasteiger partial charge in [-0.15, -0.1) is 0 Å². The maximum Gasteiger partial charge on any atom is 0.331 e. The lowest BCUT2D eigenvalue weighted by Gasteiger charge is -2.23. The van der Waals surface area contributed by atoms with Gasteiger partial charge in [-0.1, -0.05) is 31.9 Å². The number of rotatable bonds is 10. The van der Waals surface area contributed by atoms with Crippen LogP contribution in [0.5, 0.6) is 0 Å². The van der Waals surface area contributed by atoms with E-state index in [2.05, 4.69) is 26.8 Å². The van der Waals surface area contributed by atoms with Crippen LogP contribution in [0.4, 0.5) is 0 Å². The van der Waals surface area contributed by atoms with Crippen LogP contribution in [-0.2, 0) is 14.3 Å². The standard InChI is InChI=1S/C19H34O3/c1-15(2)22-18(20)14-17(4)11-8-10-16(3)12-9-13-19(5,6)21-7/h8,11,14-16H,9-10,12-13H2,1-7H3/b11-8+,17-14-/t16-/m0/s1. The van der Waals surface area contributed by atoms with Crippen molar-refractivity contribution in [2.45, 2.75) is 78.9 Å². The fraction of sp³-hybridized carbons (Fsp3) is 0.737. The number of allylic oxidation sites excluding steroid dienone is 3. The Kier molecular flexibility index (Phi) is 10.1. The van der Waals surface area contributed by atoms with Crippen LogP contribution in [0.3, 0.4) is 0 Å². The van der Waals surface area contributed by atoms with Crippen molar-refractivity contribution in [3.63, 3.8) is 0 Å². The largest absolute Gasteiger partial charge is 0.460 e. The van der Waals surface area contributed by atoms with Gasteiger partial charge in [0.2, 0.25) is 0 Å². The molecule has 0 aromatic rings. The van der Waals surface area contributed by atoms with Crippen molar-refractivity contribution >= 4 is 5.97 Å². The van der Waals surface area contributed by atoms with Gasteiger partial charge in [0.1, 0.15) is 0 Å². The van der Waals surface area contributed by atoms with Gasteiger partial charge in [0, 0.05) is 13.2 Å². The summed E-state index contributed by atoms with van der Waals surface area (Å²) < 4.78 is 10.5. The van der Waals surface area contributed by atoms with Gasteiger partial charge in [0.15, 0.2) is 0 Å². The predicted molar refractivity (Wildman–Crippen MR) is 92.8 cm³/mol. The lowest BCUT2D eigenvalue weighted by molar-refractivity contribution is -0.141. The van der Waals surface area contributed by atoms with Gasteiger partial charge < -0.3 is 9.47 Å². The summed E-state index contributed by atoms with van der Waals surface area (Å²) in [5, 5.41) is 0. The summed E-state index contributed by atoms with van der Waals surface area (Å²) in [6.07, 6.45) is 10.1. The zero-order valence-electron chi connectivity index (χ0n) is 15.4. The minimum absolute atomic E-state index is 0.0222. The first kappa shape index (κ1) is 20.9. The summed E-state index contributed by atoms with van der Waals surface area (Å²) in [5.41, 5.74) is 0.907. The maximum absolute atomic E-state index is 11.5. The number of hydrogen-bond donors (Lipinski definition) is 0. The van der Waals surface area contributed by atoms with Crippen molar-refractivity contribution in [1.82, 2.24) is 0 Å². The van der Waals surface area contributed by atoms with E-state index in [-0.39, 0.29) is 17.7 Å². The van der Waals surface area contributed by atoms with Crippen LogP contribution in [-0.4, -0.2) is 24.8 Å². The van der Waals surface area contributed by atoms with E-state index in [0.29, 0.717) is 5.92 Å². The molecule has 0 rings (SSSR count). The van der Waals surface area contributed by atoms with Crippen LogP contribution in [0.2, 0.25) is 0 Å². The Bertz CT molecular complexity index is 378. The molecular weight excluding hydrogens is 276 g/mol. The van der Waals surface area contributed by atoms with Gasteiger partial charge in [0.25, 0.3) is 0 Å². The van der Waals surface area contributed by atoms with E-state index in [1.807, 2.05) is 26.8 Å². The first-order valence-corrected chi connectivity index (χ1v) is 8.27. The quantitative estimate of drug-likeness (QED) is 0.321. The van der Waals surface area contributed by atoms with Crippen LogP contribution >= 0.6 is 0 Å². The van der Waals surface area contributed by atoms with Gasteiger partial charge in [-0.3, -0.25) is 0 Å². The second-order valence-corrected chi connectivity index (χ2v) is 6.97. The van der Waals surface area contributed by atoms with E-state index in [9.17, 15) is 4.79 Å². The van der Waals surface area contributed by atoms with Gasteiger partial charge in [-0.05, 0) is 59.0 Å². The summed E-state index contributed by atoms with van der Waals surface area (Å²) in [6, 6.07) is 0. The molecule has 0 radical (unpaired) electrons. The number of hydrogen-bond acceptors (Lipinski definition) is 3. The molecule has 0 aromatic carbocycles. The Morgan fingerprint density at radius 2 is 1.86 bits per heavy atom. The summed E-state index contributed by atoms with van der Waals surface area (Å²) in [4.78, 5) is 11.5. The molecule has 0 aliphatic carbocycles. The molecule has 0 bridgehead atoms. The SMILES string of the molecule is COC(C)(C)CCC[C@@H](C)C/C=C/C(C)=C\C(=O)OC(C)C. The fourth-order valence-corrected chi connectivity index (χ4v) is 2.08. The minimum Gasteiger partial charge on any atom is -0.460 e. The molecule has 0 aromatic heterocycles. The minimum atomic E-state index is -0.271. The molecule has 1 atom stereocenters. The molecule has 0 heterocycles. The van der Waals surface area contributed by atoms with Gasteiger partial charge in [-0.2, -0.15) is 0 Å². The van der Waals surface area contributed by atoms with Crippen LogP contribution in [0.1, 0.15) is 67.2 Å². The van der Waals surface area contributed by atoms with Gasteiger partial charge in [0.05, 0.1) is 11.7 Å². The summed E-state index contributed by atoms with van der Waals surface area (Å²) >= 11 is 0. The molecule has 128 valence electrons. The van der Waals surface area contributed by atoms with Crippen molar-refractivity contribution in [3.8, 4) is 0 Å². The van der Waals surface area contributed by atoms with Crippen molar-refractivity contribution in [1.29, 1.82) is 0 Å². The van der Waals surface area contributed by atoms with Crippen LogP contribution in [0, 0.1) is 5.92 Å². The van der Waals surface area contributed by atoms with E-state index < -0.39 is 0 Å². The normalized spacial score (nSPS) is 14.6. The van der Waals surface area contributed by atoms with Crippen LogP contribution in [0.15, 0.2) is 23.8 Å². The average Bonchev–Trinajstić information content (AvgIpc) is 2.37. The van der Waals surface area contributed by atoms with Crippen LogP contribution in [0.25, 0.3) is 0 Å². The highest BCUT2D eigenvalue weighted by molar-refractivity contribution is 5.83. The first-order valence-electron chi connectivity index (χ1n) is 8.27. The third-order valence-electron chi connectivity index (χ3n) is 3.64. The Morgan fingerprint density at radius 1 is 1.23 bits per heavy atom. The first-order chi connectivity index (χ1) is 10.2. The highest BCUT2D eigenvalue weighted by Crippen LogP contribution is 2.20. The molecule has 0 aliphatic heterocycles. The predicted octanol–water partition coefficient (Wildman–Crippen LogP) is 5.06. The molecule has 0 unspecified atom stereocenters. The number of esters is 1. The lowest BCUT2D eigenvalue weighted by Crippen LogP contribution is -2.22. The Hall–Kier alpha value is -1.09. The Labute approximate surface area is 136 Å². The number of methoxy groups -OCH3 is 1. The maximum atomic E-state index is 11.5. The molecule has 0 spiro atoms. The summed E-state index contributed by atoms with van der Waals surface area (Å²) in [7, 11) is 1.77. The van der Waals surface area contributed by atoms with E-state index in [1.54, 1.807) is 13.2 Å². The molecular formula is C19H34O3. The third-order valence-corrected chi connectivity index (χ3v) is 3.64. The smallest absolute Gasteiger partial charge is 0.331 e. The highest BCUT2D eigenvalue weighted by atomic mass is 16.5. The molecule has 0 aliphatic rings. The van der Waals surface area contributed by atoms with E-state index in [0.717, 1.165) is 18.4 Å². The zero-order chi connectivity index (χ0) is 17.2. The molecule has 0 saturated heterocycles. The summed E-state index contributed by atoms with van der Waals surface area (Å²) in [5.74, 6) is 0.367. The average molecular weight is 310 g/mol. The molecule has 0 amide bonds. The molecule has 0 N–H and O–H groups in total. The van der Waals surface area contributed by atoms with Crippen molar-refractivity contribution in [2.24, 2.45) is 5.92 Å². The van der Waals surface area contributed by atoms with Crippen molar-refractivity contribution in [3.05, 3.63) is 23.8 Å². The summed E-state index contributed by atoms with van der Waals surface area (Å²) in [6.45, 7) is 12.1. The second-order valence-electron chi connectivity index (χ2n) is 6.97. The van der Waals surface area contributed by atoms with Gasteiger partial charge in [-0.25, -0.2) is 4.79 Å². The van der Waals surface area contributed by atoms with E-state index in [1.165, 1.54) is 12.8 Å². The monoisotopic (exact) mass is 310 g/mol.